The molecule has 0 fully saturated rings. The van der Waals surface area contributed by atoms with E-state index in [-0.39, 0.29) is 0 Å². The first kappa shape index (κ1) is 21.0. The highest BCUT2D eigenvalue weighted by molar-refractivity contribution is 9.08. The summed E-state index contributed by atoms with van der Waals surface area (Å²) in [5, 5.41) is 0.957. The number of alkyl halides is 1. The lowest BCUT2D eigenvalue weighted by atomic mass is 10.1. The van der Waals surface area contributed by atoms with Crippen molar-refractivity contribution in [3.05, 3.63) is 34.9 Å². The van der Waals surface area contributed by atoms with Gasteiger partial charge in [-0.25, -0.2) is 0 Å². The molecule has 0 nitrogen and oxygen atoms in total. The van der Waals surface area contributed by atoms with Crippen molar-refractivity contribution in [1.29, 1.82) is 0 Å². The van der Waals surface area contributed by atoms with Crippen molar-refractivity contribution >= 4 is 15.9 Å². The summed E-state index contributed by atoms with van der Waals surface area (Å²) in [7, 11) is 0. The van der Waals surface area contributed by atoms with Crippen LogP contribution in [0, 0.1) is 13.8 Å². The van der Waals surface area contributed by atoms with Crippen LogP contribution in [0.2, 0.25) is 0 Å². The fourth-order valence-corrected chi connectivity index (χ4v) is 1.62. The lowest BCUT2D eigenvalue weighted by molar-refractivity contribution is 1.28. The molecule has 0 unspecified atom stereocenters. The zero-order chi connectivity index (χ0) is 13.6. The molecule has 0 saturated heterocycles. The molecule has 96 valence electrons. The van der Waals surface area contributed by atoms with Gasteiger partial charge >= 0.3 is 0 Å². The van der Waals surface area contributed by atoms with Crippen molar-refractivity contribution in [1.82, 2.24) is 0 Å². The molecule has 0 aromatic heterocycles. The van der Waals surface area contributed by atoms with Crippen LogP contribution in [-0.4, -0.2) is 0 Å². The van der Waals surface area contributed by atoms with E-state index in [1.165, 1.54) is 16.7 Å². The Kier molecular flexibility index (Phi) is 22.5. The summed E-state index contributed by atoms with van der Waals surface area (Å²) in [4.78, 5) is 0. The van der Waals surface area contributed by atoms with Gasteiger partial charge in [0.15, 0.2) is 0 Å². The van der Waals surface area contributed by atoms with E-state index >= 15 is 0 Å². The minimum absolute atomic E-state index is 0.957. The van der Waals surface area contributed by atoms with Gasteiger partial charge in [0.1, 0.15) is 0 Å². The van der Waals surface area contributed by atoms with Gasteiger partial charge in [-0.2, -0.15) is 0 Å². The van der Waals surface area contributed by atoms with Gasteiger partial charge in [-0.05, 0) is 25.0 Å². The summed E-state index contributed by atoms with van der Waals surface area (Å²) in [6.45, 7) is 16.3. The molecule has 0 N–H and O–H groups in total. The van der Waals surface area contributed by atoms with Crippen LogP contribution in [-0.2, 0) is 5.33 Å². The number of aryl methyl sites for hydroxylation is 2. The van der Waals surface area contributed by atoms with Crippen LogP contribution < -0.4 is 0 Å². The van der Waals surface area contributed by atoms with Crippen LogP contribution in [0.5, 0.6) is 0 Å². The number of halogens is 1. The zero-order valence-electron chi connectivity index (χ0n) is 12.3. The maximum absolute atomic E-state index is 3.43. The largest absolute Gasteiger partial charge is 0.0876 e. The van der Waals surface area contributed by atoms with E-state index in [1.54, 1.807) is 0 Å². The van der Waals surface area contributed by atoms with Gasteiger partial charge < -0.3 is 0 Å². The van der Waals surface area contributed by atoms with Crippen LogP contribution in [0.4, 0.5) is 0 Å². The van der Waals surface area contributed by atoms with Crippen LogP contribution in [0.25, 0.3) is 0 Å². The summed E-state index contributed by atoms with van der Waals surface area (Å²) in [5.74, 6) is 0. The van der Waals surface area contributed by atoms with Gasteiger partial charge in [-0.3, -0.25) is 0 Å². The molecular formula is C15H29Br. The lowest BCUT2D eigenvalue weighted by Gasteiger charge is -2.01. The minimum atomic E-state index is 0.957. The van der Waals surface area contributed by atoms with Gasteiger partial charge in [0.05, 0.1) is 0 Å². The number of hydrogen-bond acceptors (Lipinski definition) is 0. The minimum Gasteiger partial charge on any atom is -0.0876 e. The Hall–Kier alpha value is -0.300. The molecule has 1 heteroatoms. The van der Waals surface area contributed by atoms with Crippen molar-refractivity contribution in [3.63, 3.8) is 0 Å². The molecule has 0 aliphatic heterocycles. The number of rotatable bonds is 1. The monoisotopic (exact) mass is 288 g/mol. The molecule has 0 atom stereocenters. The van der Waals surface area contributed by atoms with Gasteiger partial charge in [0.25, 0.3) is 0 Å². The Labute approximate surface area is 112 Å². The number of benzene rings is 1. The highest BCUT2D eigenvalue weighted by Crippen LogP contribution is 2.12. The molecule has 0 aliphatic carbocycles. The molecule has 0 aliphatic rings. The normalized spacial score (nSPS) is 7.31. The van der Waals surface area contributed by atoms with Crippen LogP contribution in [0.15, 0.2) is 18.2 Å². The molecule has 0 radical (unpaired) electrons. The average Bonchev–Trinajstić information content (AvgIpc) is 2.37. The number of hydrogen-bond donors (Lipinski definition) is 0. The van der Waals surface area contributed by atoms with Crippen molar-refractivity contribution in [2.75, 3.05) is 0 Å². The highest BCUT2D eigenvalue weighted by Gasteiger charge is 1.94. The third-order valence-electron chi connectivity index (χ3n) is 1.64. The van der Waals surface area contributed by atoms with E-state index in [9.17, 15) is 0 Å². The molecule has 0 bridgehead atoms. The van der Waals surface area contributed by atoms with Gasteiger partial charge in [-0.15, -0.1) is 0 Å². The van der Waals surface area contributed by atoms with Crippen molar-refractivity contribution in [2.45, 2.75) is 60.7 Å². The fourth-order valence-electron chi connectivity index (χ4n) is 0.996. The van der Waals surface area contributed by atoms with Gasteiger partial charge in [0.2, 0.25) is 0 Å². The zero-order valence-corrected chi connectivity index (χ0v) is 13.9. The first-order chi connectivity index (χ1) is 7.74. The molecule has 16 heavy (non-hydrogen) atoms. The summed E-state index contributed by atoms with van der Waals surface area (Å²) in [5.41, 5.74) is 4.09. The van der Waals surface area contributed by atoms with Crippen molar-refractivity contribution in [2.24, 2.45) is 0 Å². The molecule has 1 aromatic carbocycles. The SMILES string of the molecule is CC.CC.CC.Cc1ccc(CBr)c(C)c1. The van der Waals surface area contributed by atoms with Crippen molar-refractivity contribution < 1.29 is 0 Å². The van der Waals surface area contributed by atoms with E-state index in [2.05, 4.69) is 48.0 Å². The Balaban J connectivity index is -0.000000245. The predicted molar refractivity (Wildman–Crippen MR) is 82.6 cm³/mol. The van der Waals surface area contributed by atoms with Gasteiger partial charge in [-0.1, -0.05) is 81.2 Å². The quantitative estimate of drug-likeness (QED) is 0.534. The molecule has 0 heterocycles. The smallest absolute Gasteiger partial charge is 0.0285 e. The first-order valence-corrected chi connectivity index (χ1v) is 7.48. The van der Waals surface area contributed by atoms with Gasteiger partial charge in [0, 0.05) is 5.33 Å². The average molecular weight is 289 g/mol. The lowest BCUT2D eigenvalue weighted by Crippen LogP contribution is -1.84. The predicted octanol–water partition coefficient (Wildman–Crippen LogP) is 6.28. The topological polar surface area (TPSA) is 0 Å². The van der Waals surface area contributed by atoms with Crippen molar-refractivity contribution in [3.8, 4) is 0 Å². The Bertz CT molecular complexity index is 229. The molecule has 0 saturated carbocycles. The molecule has 0 amide bonds. The highest BCUT2D eigenvalue weighted by atomic mass is 79.9. The summed E-state index contributed by atoms with van der Waals surface area (Å²) < 4.78 is 0. The molecule has 1 rings (SSSR count). The van der Waals surface area contributed by atoms with Crippen LogP contribution >= 0.6 is 15.9 Å². The summed E-state index contributed by atoms with van der Waals surface area (Å²) in [6, 6.07) is 6.51. The fraction of sp³-hybridized carbons (Fsp3) is 0.600. The molecule has 0 spiro atoms. The Morgan fingerprint density at radius 3 is 1.62 bits per heavy atom. The van der Waals surface area contributed by atoms with E-state index in [0.29, 0.717) is 0 Å². The van der Waals surface area contributed by atoms with E-state index in [1.807, 2.05) is 41.5 Å². The van der Waals surface area contributed by atoms with E-state index in [0.717, 1.165) is 5.33 Å². The third kappa shape index (κ3) is 10.2. The standard InChI is InChI=1S/C9H11Br.3C2H6/c1-7-3-4-9(6-10)8(2)5-7;3*1-2/h3-5H,6H2,1-2H3;3*1-2H3. The van der Waals surface area contributed by atoms with E-state index < -0.39 is 0 Å². The maximum atomic E-state index is 3.43. The third-order valence-corrected chi connectivity index (χ3v) is 2.25. The Morgan fingerprint density at radius 1 is 0.875 bits per heavy atom. The second kappa shape index (κ2) is 17.1. The summed E-state index contributed by atoms with van der Waals surface area (Å²) in [6.07, 6.45) is 0. The first-order valence-electron chi connectivity index (χ1n) is 6.36. The summed E-state index contributed by atoms with van der Waals surface area (Å²) >= 11 is 3.43. The van der Waals surface area contributed by atoms with Crippen LogP contribution in [0.3, 0.4) is 0 Å². The maximum Gasteiger partial charge on any atom is 0.0285 e. The Morgan fingerprint density at radius 2 is 1.31 bits per heavy atom. The van der Waals surface area contributed by atoms with E-state index in [4.69, 9.17) is 0 Å². The van der Waals surface area contributed by atoms with Crippen LogP contribution in [0.1, 0.15) is 58.2 Å². The molecule has 1 aromatic rings. The molecular weight excluding hydrogens is 260 g/mol. The second-order valence-electron chi connectivity index (χ2n) is 2.56. The second-order valence-corrected chi connectivity index (χ2v) is 3.12.